The number of benzene rings is 1. The molecule has 2 fully saturated rings. The van der Waals surface area contributed by atoms with Crippen LogP contribution in [0.4, 0.5) is 0 Å². The van der Waals surface area contributed by atoms with Gasteiger partial charge in [-0.3, -0.25) is 4.79 Å². The normalized spacial score (nSPS) is 26.8. The summed E-state index contributed by atoms with van der Waals surface area (Å²) in [5.41, 5.74) is 0.701. The van der Waals surface area contributed by atoms with Gasteiger partial charge in [-0.1, -0.05) is 12.1 Å². The van der Waals surface area contributed by atoms with Gasteiger partial charge in [0.05, 0.1) is 11.5 Å². The second-order valence-corrected chi connectivity index (χ2v) is 8.43. The Bertz CT molecular complexity index is 764. The first-order chi connectivity index (χ1) is 14.0. The topological polar surface area (TPSA) is 120 Å². The van der Waals surface area contributed by atoms with Crippen LogP contribution in [-0.4, -0.2) is 60.2 Å². The number of hydrogen-bond acceptors (Lipinski definition) is 6. The predicted octanol–water partition coefficient (Wildman–Crippen LogP) is 0.335. The Balaban J connectivity index is 1.27. The molecular weight excluding hydrogens is 373 g/mol. The van der Waals surface area contributed by atoms with Crippen molar-refractivity contribution in [2.75, 3.05) is 13.1 Å². The highest BCUT2D eigenvalue weighted by Gasteiger charge is 2.38. The summed E-state index contributed by atoms with van der Waals surface area (Å²) in [5, 5.41) is 29.4. The van der Waals surface area contributed by atoms with Gasteiger partial charge >= 0.3 is 13.1 Å². The van der Waals surface area contributed by atoms with E-state index >= 15 is 0 Å². The third-order valence-electron chi connectivity index (χ3n) is 6.27. The minimum Gasteiger partial charge on any atom is -0.534 e. The highest BCUT2D eigenvalue weighted by atomic mass is 16.5. The van der Waals surface area contributed by atoms with E-state index in [0.717, 1.165) is 38.8 Å². The van der Waals surface area contributed by atoms with Crippen LogP contribution < -0.4 is 20.6 Å². The number of fused-ring (bicyclic) bond motifs is 1. The molecule has 9 heteroatoms. The number of nitrogens with one attached hydrogen (secondary N) is 3. The SMILES string of the molecule is O=C(CC1CCC(NC2CNC2)CC1)N[C@H]1Cc2cccc(C(=O)O)c2OB1O. The van der Waals surface area contributed by atoms with Crippen molar-refractivity contribution in [1.82, 2.24) is 16.0 Å². The number of carboxylic acid groups (broad SMARTS) is 1. The molecule has 2 aliphatic heterocycles. The van der Waals surface area contributed by atoms with Crippen molar-refractivity contribution in [3.8, 4) is 5.75 Å². The van der Waals surface area contributed by atoms with Crippen LogP contribution in [0, 0.1) is 5.92 Å². The van der Waals surface area contributed by atoms with Crippen LogP contribution >= 0.6 is 0 Å². The van der Waals surface area contributed by atoms with Crippen molar-refractivity contribution < 1.29 is 24.4 Å². The smallest absolute Gasteiger partial charge is 0.534 e. The second kappa shape index (κ2) is 8.73. The Kier molecular flexibility index (Phi) is 6.08. The lowest BCUT2D eigenvalue weighted by Crippen LogP contribution is -2.58. The van der Waals surface area contributed by atoms with Crippen molar-refractivity contribution in [2.24, 2.45) is 5.92 Å². The molecule has 8 nitrogen and oxygen atoms in total. The fourth-order valence-electron chi connectivity index (χ4n) is 4.52. The Morgan fingerprint density at radius 2 is 1.93 bits per heavy atom. The zero-order valence-corrected chi connectivity index (χ0v) is 16.4. The quantitative estimate of drug-likeness (QED) is 0.436. The van der Waals surface area contributed by atoms with Crippen LogP contribution in [-0.2, 0) is 11.2 Å². The molecule has 0 aromatic heterocycles. The average Bonchev–Trinajstić information content (AvgIpc) is 2.66. The number of carbonyl (C=O) groups excluding carboxylic acids is 1. The first-order valence-corrected chi connectivity index (χ1v) is 10.5. The van der Waals surface area contributed by atoms with E-state index < -0.39 is 19.0 Å². The molecule has 4 rings (SSSR count). The summed E-state index contributed by atoms with van der Waals surface area (Å²) >= 11 is 0. The van der Waals surface area contributed by atoms with Gasteiger partial charge in [-0.2, -0.15) is 0 Å². The van der Waals surface area contributed by atoms with Gasteiger partial charge in [0, 0.05) is 31.6 Å². The summed E-state index contributed by atoms with van der Waals surface area (Å²) in [7, 11) is -1.26. The molecule has 0 bridgehead atoms. The maximum absolute atomic E-state index is 12.5. The second-order valence-electron chi connectivity index (χ2n) is 8.43. The van der Waals surface area contributed by atoms with Crippen LogP contribution in [0.15, 0.2) is 18.2 Å². The first kappa shape index (κ1) is 20.2. The summed E-state index contributed by atoms with van der Waals surface area (Å²) in [6.07, 6.45) is 5.03. The van der Waals surface area contributed by atoms with Crippen molar-refractivity contribution >= 4 is 19.0 Å². The van der Waals surface area contributed by atoms with Crippen LogP contribution in [0.3, 0.4) is 0 Å². The van der Waals surface area contributed by atoms with Crippen molar-refractivity contribution in [3.05, 3.63) is 29.3 Å². The molecule has 1 saturated carbocycles. The van der Waals surface area contributed by atoms with Crippen LogP contribution in [0.1, 0.15) is 48.0 Å². The maximum Gasteiger partial charge on any atom is 0.547 e. The van der Waals surface area contributed by atoms with Gasteiger partial charge in [0.15, 0.2) is 0 Å². The number of amides is 1. The molecular formula is C20H28BN3O5. The van der Waals surface area contributed by atoms with E-state index in [1.165, 1.54) is 6.07 Å². The lowest BCUT2D eigenvalue weighted by atomic mass is 9.72. The van der Waals surface area contributed by atoms with Gasteiger partial charge in [0.2, 0.25) is 5.91 Å². The van der Waals surface area contributed by atoms with E-state index in [-0.39, 0.29) is 17.2 Å². The molecule has 1 atom stereocenters. The third kappa shape index (κ3) is 4.74. The van der Waals surface area contributed by atoms with Crippen LogP contribution in [0.2, 0.25) is 0 Å². The molecule has 1 amide bonds. The van der Waals surface area contributed by atoms with Gasteiger partial charge < -0.3 is 30.7 Å². The van der Waals surface area contributed by atoms with Gasteiger partial charge in [0.25, 0.3) is 0 Å². The molecule has 1 aromatic carbocycles. The largest absolute Gasteiger partial charge is 0.547 e. The number of carboxylic acids is 1. The summed E-state index contributed by atoms with van der Waals surface area (Å²) in [4.78, 5) is 23.9. The minimum absolute atomic E-state index is 0.0226. The number of para-hydroxylation sites is 1. The van der Waals surface area contributed by atoms with Gasteiger partial charge in [-0.15, -0.1) is 0 Å². The van der Waals surface area contributed by atoms with E-state index in [1.54, 1.807) is 12.1 Å². The molecule has 5 N–H and O–H groups in total. The summed E-state index contributed by atoms with van der Waals surface area (Å²) in [6.45, 7) is 2.09. The van der Waals surface area contributed by atoms with E-state index in [4.69, 9.17) is 4.65 Å². The zero-order chi connectivity index (χ0) is 20.4. The van der Waals surface area contributed by atoms with Gasteiger partial charge in [0.1, 0.15) is 5.75 Å². The number of carbonyl (C=O) groups is 2. The molecule has 29 heavy (non-hydrogen) atoms. The van der Waals surface area contributed by atoms with E-state index in [1.807, 2.05) is 0 Å². The Morgan fingerprint density at radius 3 is 2.59 bits per heavy atom. The molecule has 3 aliphatic rings. The molecule has 0 unspecified atom stereocenters. The Hall–Kier alpha value is -2.10. The highest BCUT2D eigenvalue weighted by Crippen LogP contribution is 2.31. The van der Waals surface area contributed by atoms with Crippen LogP contribution in [0.25, 0.3) is 0 Å². The van der Waals surface area contributed by atoms with Crippen molar-refractivity contribution in [3.63, 3.8) is 0 Å². The number of aromatic carboxylic acids is 1. The van der Waals surface area contributed by atoms with Crippen molar-refractivity contribution in [2.45, 2.75) is 56.5 Å². The molecule has 1 aromatic rings. The molecule has 156 valence electrons. The highest BCUT2D eigenvalue weighted by molar-refractivity contribution is 6.47. The first-order valence-electron chi connectivity index (χ1n) is 10.5. The van der Waals surface area contributed by atoms with Crippen molar-refractivity contribution in [1.29, 1.82) is 0 Å². The predicted molar refractivity (Wildman–Crippen MR) is 108 cm³/mol. The molecule has 1 aliphatic carbocycles. The Morgan fingerprint density at radius 1 is 1.17 bits per heavy atom. The number of hydrogen-bond donors (Lipinski definition) is 5. The van der Waals surface area contributed by atoms with Crippen LogP contribution in [0.5, 0.6) is 5.75 Å². The molecule has 1 saturated heterocycles. The minimum atomic E-state index is -1.26. The average molecular weight is 401 g/mol. The molecule has 2 heterocycles. The molecule has 0 radical (unpaired) electrons. The summed E-state index contributed by atoms with van der Waals surface area (Å²) in [6, 6.07) is 6.00. The van der Waals surface area contributed by atoms with E-state index in [9.17, 15) is 19.7 Å². The van der Waals surface area contributed by atoms with E-state index in [2.05, 4.69) is 16.0 Å². The monoisotopic (exact) mass is 401 g/mol. The lowest BCUT2D eigenvalue weighted by molar-refractivity contribution is -0.122. The van der Waals surface area contributed by atoms with Gasteiger partial charge in [-0.25, -0.2) is 4.79 Å². The lowest BCUT2D eigenvalue weighted by Gasteiger charge is -2.36. The molecule has 0 spiro atoms. The summed E-state index contributed by atoms with van der Waals surface area (Å²) in [5.74, 6) is -1.22. The Labute approximate surface area is 170 Å². The third-order valence-corrected chi connectivity index (χ3v) is 6.27. The number of rotatable bonds is 6. The van der Waals surface area contributed by atoms with E-state index in [0.29, 0.717) is 36.4 Å². The zero-order valence-electron chi connectivity index (χ0n) is 16.4. The fourth-order valence-corrected chi connectivity index (χ4v) is 4.52. The maximum atomic E-state index is 12.5. The standard InChI is InChI=1S/C20H28BN3O5/c25-18(8-12-4-6-14(7-5-12)23-15-10-22-11-15)24-17-9-13-2-1-3-16(20(26)27)19(13)29-21(17)28/h1-3,12,14-15,17,22-23,28H,4-11H2,(H,24,25)(H,26,27)/t12?,14?,17-/m0/s1. The fraction of sp³-hybridized carbons (Fsp3) is 0.600. The summed E-state index contributed by atoms with van der Waals surface area (Å²) < 4.78 is 5.44. The van der Waals surface area contributed by atoms with Gasteiger partial charge in [-0.05, 0) is 49.7 Å².